The van der Waals surface area contributed by atoms with Crippen molar-refractivity contribution >= 4 is 33.3 Å². The third kappa shape index (κ3) is 3.27. The van der Waals surface area contributed by atoms with Gasteiger partial charge < -0.3 is 4.98 Å². The fraction of sp³-hybridized carbons (Fsp3) is 0.0526. The maximum Gasteiger partial charge on any atom is 0.260 e. The molecule has 4 aromatic rings. The number of thiophene rings is 1. The Hall–Kier alpha value is -2.51. The normalized spacial score (nSPS) is 11.2. The third-order valence-corrected chi connectivity index (χ3v) is 5.78. The second kappa shape index (κ2) is 7.01. The van der Waals surface area contributed by atoms with Crippen molar-refractivity contribution < 1.29 is 8.78 Å². The van der Waals surface area contributed by atoms with Crippen molar-refractivity contribution in [3.63, 3.8) is 0 Å². The largest absolute Gasteiger partial charge is 0.309 e. The highest BCUT2D eigenvalue weighted by atomic mass is 32.2. The Balaban J connectivity index is 1.67. The molecule has 1 N–H and O–H groups in total. The molecular formula is C19H12F2N2OS2. The zero-order valence-electron chi connectivity index (χ0n) is 13.3. The van der Waals surface area contributed by atoms with Gasteiger partial charge in [-0.25, -0.2) is 13.8 Å². The first-order valence-corrected chi connectivity index (χ1v) is 9.62. The number of aromatic nitrogens is 2. The molecule has 0 fully saturated rings. The summed E-state index contributed by atoms with van der Waals surface area (Å²) >= 11 is 2.64. The van der Waals surface area contributed by atoms with Gasteiger partial charge in [0.1, 0.15) is 22.3 Å². The van der Waals surface area contributed by atoms with E-state index in [4.69, 9.17) is 0 Å². The van der Waals surface area contributed by atoms with Gasteiger partial charge in [-0.3, -0.25) is 4.79 Å². The minimum Gasteiger partial charge on any atom is -0.309 e. The van der Waals surface area contributed by atoms with E-state index in [0.717, 1.165) is 11.1 Å². The minimum absolute atomic E-state index is 0.250. The topological polar surface area (TPSA) is 45.8 Å². The summed E-state index contributed by atoms with van der Waals surface area (Å²) in [5.41, 5.74) is 1.24. The summed E-state index contributed by atoms with van der Waals surface area (Å²) in [7, 11) is 0. The highest BCUT2D eigenvalue weighted by Gasteiger charge is 2.13. The fourth-order valence-corrected chi connectivity index (χ4v) is 4.39. The lowest BCUT2D eigenvalue weighted by molar-refractivity contribution is 0.602. The van der Waals surface area contributed by atoms with E-state index in [1.54, 1.807) is 30.3 Å². The van der Waals surface area contributed by atoms with Crippen LogP contribution in [0.4, 0.5) is 8.78 Å². The van der Waals surface area contributed by atoms with E-state index in [0.29, 0.717) is 26.7 Å². The Morgan fingerprint density at radius 3 is 2.62 bits per heavy atom. The van der Waals surface area contributed by atoms with Crippen LogP contribution in [0.5, 0.6) is 0 Å². The summed E-state index contributed by atoms with van der Waals surface area (Å²) in [4.78, 5) is 20.9. The molecule has 0 aliphatic rings. The number of nitrogens with zero attached hydrogens (tertiary/aromatic N) is 1. The van der Waals surface area contributed by atoms with Gasteiger partial charge in [-0.1, -0.05) is 24.3 Å². The van der Waals surface area contributed by atoms with Crippen LogP contribution in [0, 0.1) is 11.6 Å². The van der Waals surface area contributed by atoms with Crippen molar-refractivity contribution in [3.8, 4) is 11.1 Å². The lowest BCUT2D eigenvalue weighted by Crippen LogP contribution is -2.10. The summed E-state index contributed by atoms with van der Waals surface area (Å²) in [6.45, 7) is 0. The van der Waals surface area contributed by atoms with Crippen LogP contribution in [0.15, 0.2) is 63.6 Å². The maximum absolute atomic E-state index is 13.7. The zero-order valence-corrected chi connectivity index (χ0v) is 15.0. The molecule has 3 nitrogen and oxygen atoms in total. The first-order valence-electron chi connectivity index (χ1n) is 7.75. The van der Waals surface area contributed by atoms with Crippen LogP contribution in [-0.4, -0.2) is 9.97 Å². The fourth-order valence-electron chi connectivity index (χ4n) is 2.61. The van der Waals surface area contributed by atoms with Gasteiger partial charge in [0.2, 0.25) is 0 Å². The number of aromatic amines is 1. The SMILES string of the molecule is O=c1[nH]c(CSc2ccccc2F)nc2scc(-c3ccc(F)cc3)c12. The van der Waals surface area contributed by atoms with Crippen LogP contribution in [-0.2, 0) is 5.75 Å². The Labute approximate surface area is 155 Å². The molecule has 0 bridgehead atoms. The Morgan fingerprint density at radius 2 is 1.85 bits per heavy atom. The average Bonchev–Trinajstić information content (AvgIpc) is 3.06. The lowest BCUT2D eigenvalue weighted by Gasteiger charge is -2.04. The zero-order chi connectivity index (χ0) is 18.1. The summed E-state index contributed by atoms with van der Waals surface area (Å²) in [5.74, 6) is 0.224. The van der Waals surface area contributed by atoms with E-state index in [-0.39, 0.29) is 17.2 Å². The number of fused-ring (bicyclic) bond motifs is 1. The van der Waals surface area contributed by atoms with Crippen molar-refractivity contribution in [1.82, 2.24) is 9.97 Å². The minimum atomic E-state index is -0.326. The quantitative estimate of drug-likeness (QED) is 0.489. The molecule has 0 aliphatic heterocycles. The standard InChI is InChI=1S/C19H12F2N2OS2/c20-12-7-5-11(6-8-12)13-9-26-19-17(13)18(24)22-16(23-19)10-25-15-4-2-1-3-14(15)21/h1-9H,10H2,(H,22,23,24). The van der Waals surface area contributed by atoms with E-state index in [1.165, 1.54) is 41.3 Å². The van der Waals surface area contributed by atoms with E-state index < -0.39 is 0 Å². The molecule has 0 atom stereocenters. The molecule has 0 saturated heterocycles. The van der Waals surface area contributed by atoms with Gasteiger partial charge in [-0.2, -0.15) is 0 Å². The van der Waals surface area contributed by atoms with Gasteiger partial charge in [-0.05, 0) is 29.8 Å². The first-order chi connectivity index (χ1) is 12.6. The number of rotatable bonds is 4. The van der Waals surface area contributed by atoms with Crippen LogP contribution < -0.4 is 5.56 Å². The maximum atomic E-state index is 13.7. The number of hydrogen-bond acceptors (Lipinski definition) is 4. The number of nitrogens with one attached hydrogen (secondary N) is 1. The third-order valence-electron chi connectivity index (χ3n) is 3.85. The second-order valence-electron chi connectivity index (χ2n) is 5.57. The van der Waals surface area contributed by atoms with Crippen molar-refractivity contribution in [2.24, 2.45) is 0 Å². The smallest absolute Gasteiger partial charge is 0.260 e. The van der Waals surface area contributed by atoms with E-state index in [1.807, 2.05) is 5.38 Å². The second-order valence-corrected chi connectivity index (χ2v) is 7.44. The predicted octanol–water partition coefficient (Wildman–Crippen LogP) is 5.22. The molecule has 0 aliphatic carbocycles. The Bertz CT molecular complexity index is 1140. The Kier molecular flexibility index (Phi) is 4.57. The van der Waals surface area contributed by atoms with Gasteiger partial charge in [-0.15, -0.1) is 23.1 Å². The van der Waals surface area contributed by atoms with Crippen LogP contribution >= 0.6 is 23.1 Å². The molecule has 0 radical (unpaired) electrons. The van der Waals surface area contributed by atoms with Crippen molar-refractivity contribution in [2.75, 3.05) is 0 Å². The number of benzene rings is 2. The summed E-state index contributed by atoms with van der Waals surface area (Å²) in [5, 5.41) is 2.33. The predicted molar refractivity (Wildman–Crippen MR) is 102 cm³/mol. The molecule has 130 valence electrons. The summed E-state index contributed by atoms with van der Waals surface area (Å²) in [6, 6.07) is 12.5. The molecule has 0 amide bonds. The van der Waals surface area contributed by atoms with Crippen LogP contribution in [0.3, 0.4) is 0 Å². The molecule has 0 spiro atoms. The number of hydrogen-bond donors (Lipinski definition) is 1. The molecule has 0 unspecified atom stereocenters. The monoisotopic (exact) mass is 386 g/mol. The van der Waals surface area contributed by atoms with Gasteiger partial charge in [0.15, 0.2) is 0 Å². The molecule has 4 rings (SSSR count). The summed E-state index contributed by atoms with van der Waals surface area (Å²) in [6.07, 6.45) is 0. The highest BCUT2D eigenvalue weighted by Crippen LogP contribution is 2.31. The van der Waals surface area contributed by atoms with Crippen LogP contribution in [0.1, 0.15) is 5.82 Å². The number of halogens is 2. The van der Waals surface area contributed by atoms with E-state index in [9.17, 15) is 13.6 Å². The van der Waals surface area contributed by atoms with Gasteiger partial charge in [0, 0.05) is 15.8 Å². The highest BCUT2D eigenvalue weighted by molar-refractivity contribution is 7.98. The number of thioether (sulfide) groups is 1. The first kappa shape index (κ1) is 16.9. The van der Waals surface area contributed by atoms with E-state index >= 15 is 0 Å². The molecule has 26 heavy (non-hydrogen) atoms. The molecule has 7 heteroatoms. The summed E-state index contributed by atoms with van der Waals surface area (Å²) < 4.78 is 26.8. The van der Waals surface area contributed by atoms with Crippen molar-refractivity contribution in [1.29, 1.82) is 0 Å². The van der Waals surface area contributed by atoms with Crippen molar-refractivity contribution in [3.05, 3.63) is 81.7 Å². The Morgan fingerprint density at radius 1 is 1.08 bits per heavy atom. The van der Waals surface area contributed by atoms with E-state index in [2.05, 4.69) is 9.97 Å². The van der Waals surface area contributed by atoms with Gasteiger partial charge in [0.25, 0.3) is 5.56 Å². The van der Waals surface area contributed by atoms with Gasteiger partial charge >= 0.3 is 0 Å². The molecule has 2 aromatic carbocycles. The molecule has 0 saturated carbocycles. The molecular weight excluding hydrogens is 374 g/mol. The van der Waals surface area contributed by atoms with Crippen LogP contribution in [0.2, 0.25) is 0 Å². The van der Waals surface area contributed by atoms with Crippen LogP contribution in [0.25, 0.3) is 21.3 Å². The van der Waals surface area contributed by atoms with Gasteiger partial charge in [0.05, 0.1) is 11.1 Å². The number of H-pyrrole nitrogens is 1. The molecule has 2 aromatic heterocycles. The molecule has 2 heterocycles. The average molecular weight is 386 g/mol. The van der Waals surface area contributed by atoms with Crippen molar-refractivity contribution in [2.45, 2.75) is 10.6 Å². The lowest BCUT2D eigenvalue weighted by atomic mass is 10.1.